The molecule has 0 amide bonds. The van der Waals surface area contributed by atoms with Crippen LogP contribution in [0.15, 0.2) is 70.8 Å². The number of benzene rings is 3. The fourth-order valence-electron chi connectivity index (χ4n) is 8.22. The molecular weight excluding hydrogens is 635 g/mol. The number of rotatable bonds is 8. The Hall–Kier alpha value is -5.01. The maximum absolute atomic E-state index is 10.0. The molecule has 0 bridgehead atoms. The fourth-order valence-corrected chi connectivity index (χ4v) is 8.22. The van der Waals surface area contributed by atoms with Crippen molar-refractivity contribution in [3.05, 3.63) is 94.2 Å². The van der Waals surface area contributed by atoms with Gasteiger partial charge in [0.2, 0.25) is 5.89 Å². The van der Waals surface area contributed by atoms with Crippen LogP contribution in [0.3, 0.4) is 0 Å². The van der Waals surface area contributed by atoms with Gasteiger partial charge < -0.3 is 19.7 Å². The summed E-state index contributed by atoms with van der Waals surface area (Å²) in [6.07, 6.45) is 5.99. The minimum atomic E-state index is -0.217. The smallest absolute Gasteiger partial charge is 0.227 e. The largest absolute Gasteiger partial charge is 0.435 e. The second kappa shape index (κ2) is 13.6. The van der Waals surface area contributed by atoms with Crippen molar-refractivity contribution in [1.29, 1.82) is 5.26 Å². The molecule has 260 valence electrons. The number of anilines is 3. The lowest BCUT2D eigenvalue weighted by Crippen LogP contribution is -2.32. The van der Waals surface area contributed by atoms with Crippen molar-refractivity contribution in [3.8, 4) is 28.7 Å². The molecule has 2 aromatic heterocycles. The Labute approximate surface area is 299 Å². The Bertz CT molecular complexity index is 2200. The number of aliphatic hydroxyl groups is 1. The van der Waals surface area contributed by atoms with Crippen LogP contribution >= 0.6 is 0 Å². The number of nitrogens with zero attached hydrogens (tertiary/aromatic N) is 6. The van der Waals surface area contributed by atoms with E-state index >= 15 is 0 Å². The predicted octanol–water partition coefficient (Wildman–Crippen LogP) is 7.53. The monoisotopic (exact) mass is 679 g/mol. The van der Waals surface area contributed by atoms with E-state index in [1.807, 2.05) is 24.4 Å². The maximum Gasteiger partial charge on any atom is 0.227 e. The predicted molar refractivity (Wildman–Crippen MR) is 204 cm³/mol. The number of likely N-dealkylation sites (N-methyl/N-ethyl adjacent to an activating group) is 1. The van der Waals surface area contributed by atoms with E-state index in [2.05, 4.69) is 96.4 Å². The first-order valence-corrected chi connectivity index (χ1v) is 18.1. The molecule has 2 fully saturated rings. The van der Waals surface area contributed by atoms with Crippen LogP contribution in [0.5, 0.6) is 0 Å². The second-order valence-corrected chi connectivity index (χ2v) is 14.8. The summed E-state index contributed by atoms with van der Waals surface area (Å²) in [5.74, 6) is 2.05. The highest BCUT2D eigenvalue weighted by Gasteiger charge is 2.26. The summed E-state index contributed by atoms with van der Waals surface area (Å²) in [5, 5.41) is 23.7. The maximum atomic E-state index is 10.0. The first-order chi connectivity index (χ1) is 24.7. The van der Waals surface area contributed by atoms with Crippen molar-refractivity contribution >= 4 is 34.4 Å². The van der Waals surface area contributed by atoms with E-state index in [-0.39, 0.29) is 6.10 Å². The summed E-state index contributed by atoms with van der Waals surface area (Å²) < 4.78 is 6.34. The Morgan fingerprint density at radius 3 is 2.49 bits per heavy atom. The summed E-state index contributed by atoms with van der Waals surface area (Å²) in [7, 11) is 2.12. The van der Waals surface area contributed by atoms with Crippen LogP contribution in [0.4, 0.5) is 17.2 Å². The molecule has 0 radical (unpaired) electrons. The number of nitriles is 1. The summed E-state index contributed by atoms with van der Waals surface area (Å²) in [6.45, 7) is 12.9. The molecule has 3 aliphatic rings. The van der Waals surface area contributed by atoms with Crippen molar-refractivity contribution in [2.45, 2.75) is 46.3 Å². The minimum absolute atomic E-state index is 0.217. The third kappa shape index (κ3) is 6.51. The molecule has 8 rings (SSSR count). The van der Waals surface area contributed by atoms with Gasteiger partial charge in [0.25, 0.3) is 0 Å². The fraction of sp³-hybridized carbons (Fsp3) is 0.357. The van der Waals surface area contributed by atoms with Gasteiger partial charge in [0, 0.05) is 69.3 Å². The highest BCUT2D eigenvalue weighted by atomic mass is 16.3. The first-order valence-electron chi connectivity index (χ1n) is 18.1. The number of aromatic nitrogens is 2. The highest BCUT2D eigenvalue weighted by molar-refractivity contribution is 5.87. The SMILES string of the molecule is Cc1c(Nc2nccc3c2N(C)CC(CN2CC[C@@H](O)C2)=C3)cccc1-c1cccc(-c2nc3cc(CN4CC[C@@H](C)C4)cc(C#N)c3o2)c1C. The summed E-state index contributed by atoms with van der Waals surface area (Å²) in [5.41, 5.74) is 12.7. The van der Waals surface area contributed by atoms with Crippen molar-refractivity contribution in [2.75, 3.05) is 56.5 Å². The molecule has 51 heavy (non-hydrogen) atoms. The molecular formula is C42H45N7O2. The summed E-state index contributed by atoms with van der Waals surface area (Å²) >= 11 is 0. The molecule has 9 heteroatoms. The molecule has 2 N–H and O–H groups in total. The molecule has 3 aromatic carbocycles. The number of aliphatic hydroxyl groups excluding tert-OH is 1. The average molecular weight is 680 g/mol. The Balaban J connectivity index is 1.08. The lowest BCUT2D eigenvalue weighted by molar-refractivity contribution is 0.179. The molecule has 5 heterocycles. The van der Waals surface area contributed by atoms with Gasteiger partial charge in [0.15, 0.2) is 11.4 Å². The van der Waals surface area contributed by atoms with Gasteiger partial charge >= 0.3 is 0 Å². The van der Waals surface area contributed by atoms with Gasteiger partial charge in [-0.2, -0.15) is 5.26 Å². The van der Waals surface area contributed by atoms with Crippen molar-refractivity contribution in [1.82, 2.24) is 19.8 Å². The number of fused-ring (bicyclic) bond motifs is 2. The topological polar surface area (TPSA) is 105 Å². The van der Waals surface area contributed by atoms with E-state index in [9.17, 15) is 10.4 Å². The van der Waals surface area contributed by atoms with Gasteiger partial charge in [-0.3, -0.25) is 9.80 Å². The number of oxazole rings is 1. The number of hydrogen-bond donors (Lipinski definition) is 2. The highest BCUT2D eigenvalue weighted by Crippen LogP contribution is 2.40. The Morgan fingerprint density at radius 1 is 0.961 bits per heavy atom. The molecule has 0 saturated carbocycles. The second-order valence-electron chi connectivity index (χ2n) is 14.8. The van der Waals surface area contributed by atoms with Crippen LogP contribution in [0.1, 0.15) is 47.6 Å². The van der Waals surface area contributed by atoms with Gasteiger partial charge in [-0.05, 0) is 103 Å². The Morgan fingerprint density at radius 2 is 1.73 bits per heavy atom. The van der Waals surface area contributed by atoms with E-state index in [1.165, 1.54) is 12.0 Å². The van der Waals surface area contributed by atoms with Crippen LogP contribution in [-0.4, -0.2) is 77.3 Å². The van der Waals surface area contributed by atoms with Crippen molar-refractivity contribution in [2.24, 2.45) is 5.92 Å². The zero-order valence-electron chi connectivity index (χ0n) is 29.9. The number of nitrogens with one attached hydrogen (secondary N) is 1. The van der Waals surface area contributed by atoms with Crippen LogP contribution in [0.2, 0.25) is 0 Å². The van der Waals surface area contributed by atoms with E-state index in [0.717, 1.165) is 114 Å². The number of hydrogen-bond acceptors (Lipinski definition) is 9. The van der Waals surface area contributed by atoms with E-state index in [1.54, 1.807) is 0 Å². The number of likely N-dealkylation sites (tertiary alicyclic amines) is 2. The van der Waals surface area contributed by atoms with Crippen LogP contribution in [0.25, 0.3) is 39.8 Å². The van der Waals surface area contributed by atoms with Crippen LogP contribution in [0, 0.1) is 31.1 Å². The van der Waals surface area contributed by atoms with Crippen LogP contribution in [-0.2, 0) is 6.54 Å². The Kier molecular flexibility index (Phi) is 8.84. The third-order valence-electron chi connectivity index (χ3n) is 10.8. The molecule has 0 unspecified atom stereocenters. The van der Waals surface area contributed by atoms with Gasteiger partial charge in [-0.1, -0.05) is 37.3 Å². The molecule has 2 atom stereocenters. The normalized spacial score (nSPS) is 19.4. The number of β-amino-alcohol motifs (C(OH)–C–C–N with tert-alkyl or cyclic N) is 1. The van der Waals surface area contributed by atoms with E-state index in [0.29, 0.717) is 23.0 Å². The zero-order valence-corrected chi connectivity index (χ0v) is 29.9. The van der Waals surface area contributed by atoms with Crippen LogP contribution < -0.4 is 10.2 Å². The first kappa shape index (κ1) is 33.2. The van der Waals surface area contributed by atoms with Gasteiger partial charge in [0.05, 0.1) is 17.4 Å². The average Bonchev–Trinajstić information content (AvgIpc) is 3.85. The lowest BCUT2D eigenvalue weighted by atomic mass is 9.92. The zero-order chi connectivity index (χ0) is 35.2. The van der Waals surface area contributed by atoms with E-state index < -0.39 is 0 Å². The molecule has 9 nitrogen and oxygen atoms in total. The van der Waals surface area contributed by atoms with Crippen molar-refractivity contribution < 1.29 is 9.52 Å². The van der Waals surface area contributed by atoms with Gasteiger partial charge in [-0.15, -0.1) is 0 Å². The summed E-state index contributed by atoms with van der Waals surface area (Å²) in [4.78, 5) is 16.8. The molecule has 0 spiro atoms. The molecule has 2 saturated heterocycles. The minimum Gasteiger partial charge on any atom is -0.435 e. The molecule has 3 aliphatic heterocycles. The standard InChI is InChI=1S/C42H45N7O2/c1-26-12-15-48(21-26)23-29-17-32(20-43)40-38(19-29)46-42(51-40)36-9-5-7-34(27(36)2)35-8-6-10-37(28(35)3)45-41-39-31(11-14-44-41)18-30(22-47(39)4)24-49-16-13-33(50)25-49/h5-11,14,17-19,26,33,50H,12-13,15-16,21-25H2,1-4H3,(H,44,45)/t26-,33-/m1/s1. The number of pyridine rings is 1. The third-order valence-corrected chi connectivity index (χ3v) is 10.8. The lowest BCUT2D eigenvalue weighted by Gasteiger charge is -2.31. The summed E-state index contributed by atoms with van der Waals surface area (Å²) in [6, 6.07) is 21.0. The van der Waals surface area contributed by atoms with Gasteiger partial charge in [0.1, 0.15) is 11.6 Å². The molecule has 5 aromatic rings. The van der Waals surface area contributed by atoms with E-state index in [4.69, 9.17) is 14.4 Å². The molecule has 0 aliphatic carbocycles. The quantitative estimate of drug-likeness (QED) is 0.172. The van der Waals surface area contributed by atoms with Crippen molar-refractivity contribution in [3.63, 3.8) is 0 Å². The van der Waals surface area contributed by atoms with Gasteiger partial charge in [-0.25, -0.2) is 9.97 Å².